The van der Waals surface area contributed by atoms with Crippen molar-refractivity contribution in [1.82, 2.24) is 0 Å². The van der Waals surface area contributed by atoms with E-state index in [1.165, 1.54) is 62.7 Å². The van der Waals surface area contributed by atoms with Crippen LogP contribution in [0.2, 0.25) is 0 Å². The van der Waals surface area contributed by atoms with E-state index >= 15 is 0 Å². The van der Waals surface area contributed by atoms with Gasteiger partial charge in [-0.3, -0.25) is 4.79 Å². The van der Waals surface area contributed by atoms with E-state index in [1.54, 1.807) is 0 Å². The molecular formula is C32H46N2O2. The smallest absolute Gasteiger partial charge is 0.181 e. The summed E-state index contributed by atoms with van der Waals surface area (Å²) in [4.78, 5) is 18.0. The molecule has 1 unspecified atom stereocenters. The predicted molar refractivity (Wildman–Crippen MR) is 154 cm³/mol. The minimum atomic E-state index is -0.543. The average molecular weight is 491 g/mol. The summed E-state index contributed by atoms with van der Waals surface area (Å²) in [6.45, 7) is 13.1. The first-order valence-corrected chi connectivity index (χ1v) is 14.2. The molecule has 0 heterocycles. The standard InChI is InChI=1S/C32H46N2O2/c1-5-9-21-33(22-10-6-2)27-17-13-25(14-18-27)29-31(35)30(32(29)36)26-15-19-28(20-16-26)34(23-11-7-3)24-12-8-4/h13-20,29,35H,5-12,21-24H2,1-4H3. The first-order valence-electron chi connectivity index (χ1n) is 14.2. The van der Waals surface area contributed by atoms with Gasteiger partial charge in [0.25, 0.3) is 0 Å². The molecule has 36 heavy (non-hydrogen) atoms. The Balaban J connectivity index is 1.73. The molecule has 1 aliphatic rings. The third-order valence-electron chi connectivity index (χ3n) is 7.28. The van der Waals surface area contributed by atoms with Crippen LogP contribution in [0.25, 0.3) is 5.57 Å². The zero-order chi connectivity index (χ0) is 25.9. The molecule has 4 heteroatoms. The first-order chi connectivity index (χ1) is 17.5. The number of nitrogens with zero attached hydrogens (tertiary/aromatic N) is 2. The maximum atomic E-state index is 13.1. The Kier molecular flexibility index (Phi) is 10.9. The van der Waals surface area contributed by atoms with Gasteiger partial charge in [0, 0.05) is 37.6 Å². The van der Waals surface area contributed by atoms with Crippen LogP contribution in [0.1, 0.15) is 96.1 Å². The molecule has 0 spiro atoms. The summed E-state index contributed by atoms with van der Waals surface area (Å²) in [5, 5.41) is 10.9. The van der Waals surface area contributed by atoms with Crippen LogP contribution in [0.15, 0.2) is 54.3 Å². The molecule has 0 bridgehead atoms. The lowest BCUT2D eigenvalue weighted by Crippen LogP contribution is -2.29. The zero-order valence-corrected chi connectivity index (χ0v) is 22.9. The van der Waals surface area contributed by atoms with Gasteiger partial charge in [-0.25, -0.2) is 0 Å². The normalized spacial score (nSPS) is 15.2. The number of unbranched alkanes of at least 4 members (excludes halogenated alkanes) is 4. The number of hydrogen-bond donors (Lipinski definition) is 1. The van der Waals surface area contributed by atoms with Crippen molar-refractivity contribution in [3.05, 3.63) is 65.4 Å². The van der Waals surface area contributed by atoms with Crippen molar-refractivity contribution in [3.63, 3.8) is 0 Å². The Morgan fingerprint density at radius 2 is 1.03 bits per heavy atom. The van der Waals surface area contributed by atoms with Crippen LogP contribution in [-0.4, -0.2) is 37.1 Å². The van der Waals surface area contributed by atoms with E-state index in [0.29, 0.717) is 5.57 Å². The van der Waals surface area contributed by atoms with Crippen LogP contribution in [0.5, 0.6) is 0 Å². The Bertz CT molecular complexity index is 962. The number of Topliss-reactive ketones (excluding diaryl/α,β-unsaturated/α-hetero) is 1. The number of aliphatic hydroxyl groups excluding tert-OH is 1. The molecule has 3 rings (SSSR count). The van der Waals surface area contributed by atoms with Crippen LogP contribution >= 0.6 is 0 Å². The van der Waals surface area contributed by atoms with Crippen molar-refractivity contribution < 1.29 is 9.90 Å². The number of rotatable bonds is 16. The first kappa shape index (κ1) is 27.8. The summed E-state index contributed by atoms with van der Waals surface area (Å²) in [6, 6.07) is 16.4. The highest BCUT2D eigenvalue weighted by Gasteiger charge is 2.41. The fourth-order valence-corrected chi connectivity index (χ4v) is 4.91. The lowest BCUT2D eigenvalue weighted by molar-refractivity contribution is -0.116. The van der Waals surface area contributed by atoms with Crippen LogP contribution in [0.3, 0.4) is 0 Å². The molecule has 2 aromatic carbocycles. The summed E-state index contributed by atoms with van der Waals surface area (Å²) in [7, 11) is 0. The van der Waals surface area contributed by atoms with E-state index in [1.807, 2.05) is 24.3 Å². The second kappa shape index (κ2) is 14.1. The molecule has 0 radical (unpaired) electrons. The van der Waals surface area contributed by atoms with Gasteiger partial charge in [0.1, 0.15) is 11.7 Å². The monoisotopic (exact) mass is 490 g/mol. The van der Waals surface area contributed by atoms with Gasteiger partial charge in [0.2, 0.25) is 0 Å². The number of hydrogen-bond acceptors (Lipinski definition) is 4. The topological polar surface area (TPSA) is 43.8 Å². The van der Waals surface area contributed by atoms with Crippen LogP contribution in [0, 0.1) is 0 Å². The molecule has 1 aliphatic carbocycles. The second-order valence-corrected chi connectivity index (χ2v) is 10.1. The predicted octanol–water partition coefficient (Wildman–Crippen LogP) is 8.14. The van der Waals surface area contributed by atoms with E-state index < -0.39 is 5.92 Å². The number of benzene rings is 2. The van der Waals surface area contributed by atoms with Crippen LogP contribution in [-0.2, 0) is 4.79 Å². The number of carbonyl (C=O) groups excluding carboxylic acids is 1. The maximum absolute atomic E-state index is 13.1. The fraction of sp³-hybridized carbons (Fsp3) is 0.531. The van der Waals surface area contributed by atoms with Crippen LogP contribution in [0.4, 0.5) is 11.4 Å². The van der Waals surface area contributed by atoms with Gasteiger partial charge in [0.15, 0.2) is 5.78 Å². The van der Waals surface area contributed by atoms with Gasteiger partial charge in [-0.1, -0.05) is 77.6 Å². The summed E-state index contributed by atoms with van der Waals surface area (Å²) < 4.78 is 0. The lowest BCUT2D eigenvalue weighted by Gasteiger charge is -2.30. The molecule has 2 aromatic rings. The summed E-state index contributed by atoms with van der Waals surface area (Å²) in [5.41, 5.74) is 4.54. The highest BCUT2D eigenvalue weighted by molar-refractivity contribution is 6.31. The largest absolute Gasteiger partial charge is 0.510 e. The number of allylic oxidation sites excluding steroid dienone is 2. The van der Waals surface area contributed by atoms with Gasteiger partial charge in [-0.05, 0) is 61.1 Å². The lowest BCUT2D eigenvalue weighted by atomic mass is 9.75. The minimum Gasteiger partial charge on any atom is -0.510 e. The van der Waals surface area contributed by atoms with Gasteiger partial charge in [-0.15, -0.1) is 0 Å². The average Bonchev–Trinajstić information content (AvgIpc) is 2.90. The SMILES string of the molecule is CCCCN(CCCC)c1ccc(C2=C(O)C(c3ccc(N(CCCC)CCCC)cc3)C2=O)cc1. The zero-order valence-electron chi connectivity index (χ0n) is 22.9. The van der Waals surface area contributed by atoms with Crippen molar-refractivity contribution in [2.75, 3.05) is 36.0 Å². The highest BCUT2D eigenvalue weighted by atomic mass is 16.3. The quantitative estimate of drug-likeness (QED) is 0.258. The Labute approximate surface area is 219 Å². The van der Waals surface area contributed by atoms with Crippen molar-refractivity contribution in [3.8, 4) is 0 Å². The highest BCUT2D eigenvalue weighted by Crippen LogP contribution is 2.43. The van der Waals surface area contributed by atoms with E-state index in [2.05, 4.69) is 61.8 Å². The molecule has 1 atom stereocenters. The Morgan fingerprint density at radius 3 is 1.39 bits per heavy atom. The Morgan fingerprint density at radius 1 is 0.639 bits per heavy atom. The molecule has 1 N–H and O–H groups in total. The van der Waals surface area contributed by atoms with Crippen molar-refractivity contribution >= 4 is 22.7 Å². The molecule has 4 nitrogen and oxygen atoms in total. The Hall–Kier alpha value is -2.75. The number of aliphatic hydroxyl groups is 1. The van der Waals surface area contributed by atoms with E-state index in [9.17, 15) is 9.90 Å². The molecule has 0 aliphatic heterocycles. The van der Waals surface area contributed by atoms with E-state index in [4.69, 9.17) is 0 Å². The van der Waals surface area contributed by atoms with Crippen LogP contribution < -0.4 is 9.80 Å². The number of carbonyl (C=O) groups is 1. The van der Waals surface area contributed by atoms with E-state index in [0.717, 1.165) is 37.3 Å². The van der Waals surface area contributed by atoms with Gasteiger partial charge >= 0.3 is 0 Å². The van der Waals surface area contributed by atoms with Crippen molar-refractivity contribution in [1.29, 1.82) is 0 Å². The molecule has 0 saturated carbocycles. The molecule has 0 amide bonds. The third kappa shape index (κ3) is 6.72. The number of anilines is 2. The summed E-state index contributed by atoms with van der Waals surface area (Å²) in [5.74, 6) is -0.335. The van der Waals surface area contributed by atoms with Gasteiger partial charge in [-0.2, -0.15) is 0 Å². The number of ketones is 1. The molecule has 0 aromatic heterocycles. The van der Waals surface area contributed by atoms with Crippen molar-refractivity contribution in [2.45, 2.75) is 85.0 Å². The molecule has 0 fully saturated rings. The van der Waals surface area contributed by atoms with Gasteiger partial charge < -0.3 is 14.9 Å². The summed E-state index contributed by atoms with van der Waals surface area (Å²) >= 11 is 0. The third-order valence-corrected chi connectivity index (χ3v) is 7.28. The maximum Gasteiger partial charge on any atom is 0.181 e. The van der Waals surface area contributed by atoms with Gasteiger partial charge in [0.05, 0.1) is 5.57 Å². The molecule has 196 valence electrons. The van der Waals surface area contributed by atoms with E-state index in [-0.39, 0.29) is 11.5 Å². The fourth-order valence-electron chi connectivity index (χ4n) is 4.91. The summed E-state index contributed by atoms with van der Waals surface area (Å²) in [6.07, 6.45) is 9.39. The molecule has 0 saturated heterocycles. The minimum absolute atomic E-state index is 0.00986. The second-order valence-electron chi connectivity index (χ2n) is 10.1. The van der Waals surface area contributed by atoms with Crippen molar-refractivity contribution in [2.24, 2.45) is 0 Å². The molecular weight excluding hydrogens is 444 g/mol.